The number of para-hydroxylation sites is 1. The number of nitrogens with zero attached hydrogens (tertiary/aromatic N) is 1. The fourth-order valence-corrected chi connectivity index (χ4v) is 9.29. The quantitative estimate of drug-likeness (QED) is 0.139. The topological polar surface area (TPSA) is 3.24 Å². The molecule has 286 valence electrons. The van der Waals surface area contributed by atoms with E-state index >= 15 is 0 Å². The summed E-state index contributed by atoms with van der Waals surface area (Å²) in [6.45, 7) is 0. The van der Waals surface area contributed by atoms with E-state index in [2.05, 4.69) is 254 Å². The summed E-state index contributed by atoms with van der Waals surface area (Å²) in [7, 11) is 0. The fourth-order valence-electron chi connectivity index (χ4n) is 9.29. The van der Waals surface area contributed by atoms with E-state index < -0.39 is 0 Å². The molecule has 0 atom stereocenters. The molecule has 11 aromatic carbocycles. The Balaban J connectivity index is 1.23. The fraction of sp³-hybridized carbons (Fsp3) is 0. The highest BCUT2D eigenvalue weighted by Gasteiger charge is 2.26. The smallest absolute Gasteiger partial charge is 0.0546 e. The Morgan fingerprint density at radius 3 is 1.48 bits per heavy atom. The van der Waals surface area contributed by atoms with Crippen molar-refractivity contribution in [3.63, 3.8) is 0 Å². The van der Waals surface area contributed by atoms with Crippen LogP contribution in [0, 0.1) is 0 Å². The Bertz CT molecular complexity index is 3330. The molecule has 0 radical (unpaired) electrons. The molecule has 0 saturated carbocycles. The summed E-state index contributed by atoms with van der Waals surface area (Å²) in [6, 6.07) is 90.6. The second-order valence-corrected chi connectivity index (χ2v) is 15.6. The second kappa shape index (κ2) is 15.6. The molecule has 0 unspecified atom stereocenters. The van der Waals surface area contributed by atoms with E-state index in [1.165, 1.54) is 71.3 Å². The molecule has 1 heteroatoms. The van der Waals surface area contributed by atoms with Crippen molar-refractivity contribution < 1.29 is 0 Å². The molecule has 1 nitrogen and oxygen atoms in total. The molecular weight excluding hydrogens is 735 g/mol. The average Bonchev–Trinajstić information content (AvgIpc) is 3.34. The maximum absolute atomic E-state index is 2.48. The molecule has 61 heavy (non-hydrogen) atoms. The number of rotatable bonds is 8. The van der Waals surface area contributed by atoms with Crippen LogP contribution in [0.5, 0.6) is 0 Å². The minimum atomic E-state index is 1.08. The SMILES string of the molecule is c1ccc(-c2cc(-c3cccc4ccccc34)ccc2N(c2ccccc2)c2ccc(-c3cccc4c3ccc3ccccc34)c(-c3ccccc3)c2-c2ccccc2)cc1. The summed E-state index contributed by atoms with van der Waals surface area (Å²) in [5.74, 6) is 0. The van der Waals surface area contributed by atoms with E-state index in [4.69, 9.17) is 0 Å². The Morgan fingerprint density at radius 1 is 0.230 bits per heavy atom. The number of benzene rings is 11. The van der Waals surface area contributed by atoms with Crippen molar-refractivity contribution in [2.45, 2.75) is 0 Å². The van der Waals surface area contributed by atoms with Gasteiger partial charge in [0.25, 0.3) is 0 Å². The summed E-state index contributed by atoms with van der Waals surface area (Å²) < 4.78 is 0. The van der Waals surface area contributed by atoms with Crippen LogP contribution in [0.4, 0.5) is 17.1 Å². The number of fused-ring (bicyclic) bond motifs is 4. The minimum absolute atomic E-state index is 1.08. The summed E-state index contributed by atoms with van der Waals surface area (Å²) in [6.07, 6.45) is 0. The van der Waals surface area contributed by atoms with Gasteiger partial charge in [0.2, 0.25) is 0 Å². The van der Waals surface area contributed by atoms with Gasteiger partial charge in [-0.3, -0.25) is 0 Å². The van der Waals surface area contributed by atoms with Crippen LogP contribution < -0.4 is 4.90 Å². The van der Waals surface area contributed by atoms with Crippen LogP contribution in [0.3, 0.4) is 0 Å². The molecule has 0 N–H and O–H groups in total. The molecule has 0 saturated heterocycles. The van der Waals surface area contributed by atoms with E-state index in [9.17, 15) is 0 Å². The summed E-state index contributed by atoms with van der Waals surface area (Å²) in [5, 5.41) is 7.47. The highest BCUT2D eigenvalue weighted by Crippen LogP contribution is 2.52. The third kappa shape index (κ3) is 6.54. The van der Waals surface area contributed by atoms with Crippen LogP contribution in [-0.2, 0) is 0 Å². The van der Waals surface area contributed by atoms with E-state index in [0.717, 1.165) is 33.8 Å². The van der Waals surface area contributed by atoms with Crippen molar-refractivity contribution in [1.82, 2.24) is 0 Å². The predicted molar refractivity (Wildman–Crippen MR) is 261 cm³/mol. The first-order valence-corrected chi connectivity index (χ1v) is 21.0. The van der Waals surface area contributed by atoms with Crippen LogP contribution in [0.15, 0.2) is 249 Å². The van der Waals surface area contributed by atoms with Crippen LogP contribution in [0.2, 0.25) is 0 Å². The first-order chi connectivity index (χ1) is 30.3. The van der Waals surface area contributed by atoms with Crippen molar-refractivity contribution in [1.29, 1.82) is 0 Å². The van der Waals surface area contributed by atoms with Gasteiger partial charge in [0.05, 0.1) is 11.4 Å². The van der Waals surface area contributed by atoms with E-state index in [1.807, 2.05) is 0 Å². The molecule has 0 amide bonds. The van der Waals surface area contributed by atoms with E-state index in [-0.39, 0.29) is 0 Å². The Morgan fingerprint density at radius 2 is 0.754 bits per heavy atom. The highest BCUT2D eigenvalue weighted by molar-refractivity contribution is 6.15. The lowest BCUT2D eigenvalue weighted by Gasteiger charge is -2.32. The predicted octanol–water partition coefficient (Wildman–Crippen LogP) is 17.0. The van der Waals surface area contributed by atoms with Gasteiger partial charge in [0.1, 0.15) is 0 Å². The van der Waals surface area contributed by atoms with Gasteiger partial charge in [-0.2, -0.15) is 0 Å². The largest absolute Gasteiger partial charge is 0.309 e. The van der Waals surface area contributed by atoms with Crippen molar-refractivity contribution in [2.24, 2.45) is 0 Å². The Kier molecular flexibility index (Phi) is 9.26. The lowest BCUT2D eigenvalue weighted by Crippen LogP contribution is -2.13. The summed E-state index contributed by atoms with van der Waals surface area (Å²) in [5.41, 5.74) is 15.1. The molecule has 11 aromatic rings. The number of anilines is 3. The van der Waals surface area contributed by atoms with Gasteiger partial charge in [-0.25, -0.2) is 0 Å². The number of hydrogen-bond donors (Lipinski definition) is 0. The molecule has 0 spiro atoms. The molecule has 11 rings (SSSR count). The molecule has 0 aromatic heterocycles. The van der Waals surface area contributed by atoms with Crippen molar-refractivity contribution >= 4 is 49.4 Å². The molecule has 0 fully saturated rings. The molecule has 0 aliphatic rings. The van der Waals surface area contributed by atoms with Crippen molar-refractivity contribution in [2.75, 3.05) is 4.90 Å². The van der Waals surface area contributed by atoms with Crippen LogP contribution in [0.25, 0.3) is 88.0 Å². The maximum atomic E-state index is 2.48. The molecule has 0 aliphatic heterocycles. The summed E-state index contributed by atoms with van der Waals surface area (Å²) >= 11 is 0. The second-order valence-electron chi connectivity index (χ2n) is 15.6. The lowest BCUT2D eigenvalue weighted by atomic mass is 9.84. The Labute approximate surface area is 357 Å². The molecule has 0 heterocycles. The van der Waals surface area contributed by atoms with Gasteiger partial charge in [0.15, 0.2) is 0 Å². The Hall–Kier alpha value is -8.00. The van der Waals surface area contributed by atoms with E-state index in [0.29, 0.717) is 0 Å². The third-order valence-electron chi connectivity index (χ3n) is 12.1. The standard InChI is InChI=1S/C60H41N/c1-5-19-43(20-6-1)56-41-47(51-32-17-27-42-21-13-15-30-49(42)51)36-39-57(56)61(48-28-11-4-12-29-48)58-40-38-55(53-34-18-33-52-50-31-16-14-22-44(50)35-37-54(52)53)59(45-23-7-2-8-24-45)60(58)46-25-9-3-10-26-46/h1-41H. The van der Waals surface area contributed by atoms with Gasteiger partial charge in [-0.1, -0.05) is 218 Å². The summed E-state index contributed by atoms with van der Waals surface area (Å²) in [4.78, 5) is 2.48. The van der Waals surface area contributed by atoms with Gasteiger partial charge >= 0.3 is 0 Å². The first-order valence-electron chi connectivity index (χ1n) is 21.0. The van der Waals surface area contributed by atoms with Crippen LogP contribution in [-0.4, -0.2) is 0 Å². The zero-order valence-electron chi connectivity index (χ0n) is 33.6. The van der Waals surface area contributed by atoms with Gasteiger partial charge in [0, 0.05) is 16.8 Å². The lowest BCUT2D eigenvalue weighted by molar-refractivity contribution is 1.28. The normalized spacial score (nSPS) is 11.3. The molecular formula is C60H41N. The zero-order valence-corrected chi connectivity index (χ0v) is 33.6. The molecule has 0 aliphatic carbocycles. The van der Waals surface area contributed by atoms with Gasteiger partial charge < -0.3 is 4.90 Å². The molecule has 0 bridgehead atoms. The number of hydrogen-bond acceptors (Lipinski definition) is 1. The van der Waals surface area contributed by atoms with Crippen molar-refractivity contribution in [3.05, 3.63) is 249 Å². The first kappa shape index (κ1) is 36.1. The monoisotopic (exact) mass is 775 g/mol. The van der Waals surface area contributed by atoms with Crippen LogP contribution in [0.1, 0.15) is 0 Å². The van der Waals surface area contributed by atoms with Crippen molar-refractivity contribution in [3.8, 4) is 55.6 Å². The zero-order chi connectivity index (χ0) is 40.5. The van der Waals surface area contributed by atoms with E-state index in [1.54, 1.807) is 0 Å². The highest BCUT2D eigenvalue weighted by atomic mass is 15.1. The van der Waals surface area contributed by atoms with Crippen LogP contribution >= 0.6 is 0 Å². The van der Waals surface area contributed by atoms with Gasteiger partial charge in [-0.05, 0) is 107 Å². The average molecular weight is 776 g/mol. The minimum Gasteiger partial charge on any atom is -0.309 e. The maximum Gasteiger partial charge on any atom is 0.0546 e. The van der Waals surface area contributed by atoms with Gasteiger partial charge in [-0.15, -0.1) is 0 Å². The third-order valence-corrected chi connectivity index (χ3v) is 12.1.